The summed E-state index contributed by atoms with van der Waals surface area (Å²) >= 11 is 11.1. The van der Waals surface area contributed by atoms with Crippen molar-refractivity contribution in [2.75, 3.05) is 12.4 Å². The number of halogens is 2. The molecule has 1 aromatic rings. The second-order valence-electron chi connectivity index (χ2n) is 2.85. The van der Waals surface area contributed by atoms with E-state index in [1.807, 2.05) is 12.1 Å². The van der Waals surface area contributed by atoms with Gasteiger partial charge in [0.25, 0.3) is 0 Å². The summed E-state index contributed by atoms with van der Waals surface area (Å²) in [6, 6.07) is 7.31. The smallest absolute Gasteiger partial charge is 0.0870 e. The zero-order valence-corrected chi connectivity index (χ0v) is 9.04. The third-order valence-electron chi connectivity index (χ3n) is 1.60. The molecular formula is C10H11Cl2NO. The molecule has 0 radical (unpaired) electrons. The fourth-order valence-electron chi connectivity index (χ4n) is 0.877. The van der Waals surface area contributed by atoms with Crippen LogP contribution >= 0.6 is 23.2 Å². The summed E-state index contributed by atoms with van der Waals surface area (Å²) in [5.41, 5.74) is 0.955. The molecule has 1 aromatic carbocycles. The summed E-state index contributed by atoms with van der Waals surface area (Å²) in [6.45, 7) is 0.326. The molecule has 0 saturated heterocycles. The van der Waals surface area contributed by atoms with Crippen molar-refractivity contribution in [3.8, 4) is 0 Å². The number of rotatable bonds is 4. The molecule has 76 valence electrons. The van der Waals surface area contributed by atoms with E-state index >= 15 is 0 Å². The van der Waals surface area contributed by atoms with E-state index in [4.69, 9.17) is 28.3 Å². The molecule has 0 aliphatic carbocycles. The summed E-state index contributed by atoms with van der Waals surface area (Å²) in [5, 5.41) is 9.81. The quantitative estimate of drug-likeness (QED) is 0.627. The average Bonchev–Trinajstić information content (AvgIpc) is 2.21. The number of aliphatic hydroxyl groups excluding tert-OH is 1. The Labute approximate surface area is 93.2 Å². The first kappa shape index (κ1) is 11.5. The number of hydrogen-bond acceptors (Lipinski definition) is 2. The van der Waals surface area contributed by atoms with Crippen LogP contribution in [0.1, 0.15) is 5.56 Å². The van der Waals surface area contributed by atoms with Gasteiger partial charge < -0.3 is 5.11 Å². The van der Waals surface area contributed by atoms with Gasteiger partial charge in [-0.2, -0.15) is 0 Å². The summed E-state index contributed by atoms with van der Waals surface area (Å²) in [6.07, 6.45) is 1.12. The van der Waals surface area contributed by atoms with Crippen molar-refractivity contribution in [3.63, 3.8) is 0 Å². The van der Waals surface area contributed by atoms with Crippen LogP contribution in [0.3, 0.4) is 0 Å². The summed E-state index contributed by atoms with van der Waals surface area (Å²) in [4.78, 5) is 4.04. The van der Waals surface area contributed by atoms with Crippen LogP contribution in [-0.2, 0) is 0 Å². The number of benzene rings is 1. The fraction of sp³-hybridized carbons (Fsp3) is 0.300. The number of aliphatic imine (C=N–C) groups is 1. The van der Waals surface area contributed by atoms with Gasteiger partial charge in [-0.3, -0.25) is 4.99 Å². The molecule has 1 atom stereocenters. The van der Waals surface area contributed by atoms with Gasteiger partial charge in [0.2, 0.25) is 0 Å². The Kier molecular flexibility index (Phi) is 4.94. The molecule has 0 aromatic heterocycles. The van der Waals surface area contributed by atoms with Crippen molar-refractivity contribution in [1.82, 2.24) is 0 Å². The van der Waals surface area contributed by atoms with Crippen LogP contribution in [0.15, 0.2) is 29.3 Å². The number of nitrogens with zero attached hydrogens (tertiary/aromatic N) is 1. The minimum absolute atomic E-state index is 0.206. The van der Waals surface area contributed by atoms with Crippen LogP contribution in [-0.4, -0.2) is 29.8 Å². The first-order chi connectivity index (χ1) is 6.72. The molecule has 1 N–H and O–H groups in total. The van der Waals surface area contributed by atoms with Gasteiger partial charge >= 0.3 is 0 Å². The second-order valence-corrected chi connectivity index (χ2v) is 3.60. The lowest BCUT2D eigenvalue weighted by Gasteiger charge is -2.00. The van der Waals surface area contributed by atoms with Gasteiger partial charge in [-0.05, 0) is 17.7 Å². The molecule has 0 heterocycles. The van der Waals surface area contributed by atoms with E-state index in [-0.39, 0.29) is 5.88 Å². The lowest BCUT2D eigenvalue weighted by Crippen LogP contribution is -2.12. The van der Waals surface area contributed by atoms with Gasteiger partial charge in [0.15, 0.2) is 0 Å². The van der Waals surface area contributed by atoms with Crippen molar-refractivity contribution in [2.45, 2.75) is 6.10 Å². The van der Waals surface area contributed by atoms with E-state index in [1.54, 1.807) is 18.3 Å². The zero-order valence-electron chi connectivity index (χ0n) is 7.53. The van der Waals surface area contributed by atoms with Crippen molar-refractivity contribution >= 4 is 29.4 Å². The Bertz CT molecular complexity index is 297. The number of alkyl halides is 1. The molecule has 0 amide bonds. The van der Waals surface area contributed by atoms with E-state index in [0.717, 1.165) is 5.56 Å². The number of aliphatic hydroxyl groups is 1. The maximum Gasteiger partial charge on any atom is 0.0870 e. The highest BCUT2D eigenvalue weighted by Crippen LogP contribution is 2.07. The standard InChI is InChI=1S/C10H11Cl2NO/c11-5-10(14)7-13-6-8-1-3-9(12)4-2-8/h1-4,6,10,14H,5,7H2/b13-6+/t10-/m0/s1. The predicted octanol–water partition coefficient (Wildman–Crippen LogP) is 2.36. The number of hydrogen-bond donors (Lipinski definition) is 1. The van der Waals surface area contributed by atoms with Gasteiger partial charge in [0.1, 0.15) is 0 Å². The van der Waals surface area contributed by atoms with Gasteiger partial charge in [0, 0.05) is 11.2 Å². The van der Waals surface area contributed by atoms with Gasteiger partial charge in [-0.25, -0.2) is 0 Å². The second kappa shape index (κ2) is 6.02. The molecule has 0 bridgehead atoms. The molecule has 2 nitrogen and oxygen atoms in total. The van der Waals surface area contributed by atoms with Crippen LogP contribution in [0.25, 0.3) is 0 Å². The van der Waals surface area contributed by atoms with E-state index in [0.29, 0.717) is 11.6 Å². The van der Waals surface area contributed by atoms with E-state index in [9.17, 15) is 0 Å². The van der Waals surface area contributed by atoms with Gasteiger partial charge in [-0.15, -0.1) is 11.6 Å². The third-order valence-corrected chi connectivity index (χ3v) is 2.21. The third kappa shape index (κ3) is 4.09. The predicted molar refractivity (Wildman–Crippen MR) is 60.6 cm³/mol. The fourth-order valence-corrected chi connectivity index (χ4v) is 1.10. The monoisotopic (exact) mass is 231 g/mol. The Morgan fingerprint density at radius 1 is 1.36 bits per heavy atom. The Balaban J connectivity index is 2.48. The van der Waals surface area contributed by atoms with Crippen LogP contribution < -0.4 is 0 Å². The highest BCUT2D eigenvalue weighted by Gasteiger charge is 1.97. The molecule has 0 fully saturated rings. The molecule has 4 heteroatoms. The van der Waals surface area contributed by atoms with Gasteiger partial charge in [0.05, 0.1) is 18.5 Å². The lowest BCUT2D eigenvalue weighted by molar-refractivity contribution is 0.207. The topological polar surface area (TPSA) is 32.6 Å². The molecule has 0 aliphatic heterocycles. The molecule has 0 spiro atoms. The Morgan fingerprint density at radius 3 is 2.57 bits per heavy atom. The summed E-state index contributed by atoms with van der Waals surface area (Å²) < 4.78 is 0. The Morgan fingerprint density at radius 2 is 2.00 bits per heavy atom. The first-order valence-corrected chi connectivity index (χ1v) is 5.13. The van der Waals surface area contributed by atoms with Crippen molar-refractivity contribution in [2.24, 2.45) is 4.99 Å². The highest BCUT2D eigenvalue weighted by atomic mass is 35.5. The van der Waals surface area contributed by atoms with E-state index in [1.165, 1.54) is 0 Å². The maximum absolute atomic E-state index is 9.11. The summed E-state index contributed by atoms with van der Waals surface area (Å²) in [7, 11) is 0. The highest BCUT2D eigenvalue weighted by molar-refractivity contribution is 6.30. The SMILES string of the molecule is O[C@@H](CCl)C/N=C/c1ccc(Cl)cc1. The van der Waals surface area contributed by atoms with Crippen LogP contribution in [0.5, 0.6) is 0 Å². The Hall–Kier alpha value is -0.570. The minimum atomic E-state index is -0.569. The summed E-state index contributed by atoms with van der Waals surface area (Å²) in [5.74, 6) is 0.206. The molecule has 14 heavy (non-hydrogen) atoms. The zero-order chi connectivity index (χ0) is 10.4. The normalized spacial score (nSPS) is 13.4. The van der Waals surface area contributed by atoms with Crippen LogP contribution in [0, 0.1) is 0 Å². The molecular weight excluding hydrogens is 221 g/mol. The molecule has 0 saturated carbocycles. The maximum atomic E-state index is 9.11. The van der Waals surface area contributed by atoms with E-state index < -0.39 is 6.10 Å². The molecule has 1 rings (SSSR count). The first-order valence-electron chi connectivity index (χ1n) is 4.22. The minimum Gasteiger partial charge on any atom is -0.390 e. The van der Waals surface area contributed by atoms with E-state index in [2.05, 4.69) is 4.99 Å². The van der Waals surface area contributed by atoms with Crippen molar-refractivity contribution in [1.29, 1.82) is 0 Å². The molecule has 0 unspecified atom stereocenters. The largest absolute Gasteiger partial charge is 0.390 e. The van der Waals surface area contributed by atoms with Crippen LogP contribution in [0.4, 0.5) is 0 Å². The van der Waals surface area contributed by atoms with Crippen molar-refractivity contribution < 1.29 is 5.11 Å². The molecule has 0 aliphatic rings. The van der Waals surface area contributed by atoms with Gasteiger partial charge in [-0.1, -0.05) is 23.7 Å². The van der Waals surface area contributed by atoms with Crippen LogP contribution in [0.2, 0.25) is 5.02 Å². The average molecular weight is 232 g/mol. The van der Waals surface area contributed by atoms with Crippen molar-refractivity contribution in [3.05, 3.63) is 34.9 Å². The lowest BCUT2D eigenvalue weighted by atomic mass is 10.2.